The van der Waals surface area contributed by atoms with E-state index in [4.69, 9.17) is 5.11 Å². The van der Waals surface area contributed by atoms with Gasteiger partial charge in [0.1, 0.15) is 5.41 Å². The van der Waals surface area contributed by atoms with Crippen molar-refractivity contribution in [2.45, 2.75) is 37.0 Å². The van der Waals surface area contributed by atoms with Gasteiger partial charge in [-0.2, -0.15) is 4.31 Å². The van der Waals surface area contributed by atoms with Crippen molar-refractivity contribution in [2.24, 2.45) is 5.41 Å². The van der Waals surface area contributed by atoms with Crippen LogP contribution < -0.4 is 5.32 Å². The highest BCUT2D eigenvalue weighted by molar-refractivity contribution is 7.89. The average Bonchev–Trinajstić information content (AvgIpc) is 3.38. The van der Waals surface area contributed by atoms with Gasteiger partial charge in [0, 0.05) is 18.8 Å². The Bertz CT molecular complexity index is 764. The van der Waals surface area contributed by atoms with Crippen LogP contribution in [0.3, 0.4) is 0 Å². The number of aliphatic carboxylic acids is 1. The Hall–Kier alpha value is -1.93. The number of benzene rings is 1. The minimum Gasteiger partial charge on any atom is -0.480 e. The Morgan fingerprint density at radius 1 is 1.12 bits per heavy atom. The number of nitrogens with one attached hydrogen (secondary N) is 1. The molecule has 0 unspecified atom stereocenters. The molecule has 24 heavy (non-hydrogen) atoms. The third kappa shape index (κ3) is 3.03. The largest absolute Gasteiger partial charge is 0.480 e. The first-order valence-electron chi connectivity index (χ1n) is 8.01. The number of carbonyl (C=O) groups is 2. The molecule has 1 saturated heterocycles. The highest BCUT2D eigenvalue weighted by Crippen LogP contribution is 2.46. The van der Waals surface area contributed by atoms with Gasteiger partial charge in [0.25, 0.3) is 0 Å². The molecule has 0 bridgehead atoms. The fourth-order valence-corrected chi connectivity index (χ4v) is 4.47. The molecule has 0 radical (unpaired) electrons. The minimum atomic E-state index is -3.59. The third-order valence-corrected chi connectivity index (χ3v) is 6.53. The van der Waals surface area contributed by atoms with E-state index in [1.165, 1.54) is 16.4 Å². The molecule has 1 aliphatic heterocycles. The van der Waals surface area contributed by atoms with Crippen molar-refractivity contribution < 1.29 is 23.1 Å². The number of nitrogens with zero attached hydrogens (tertiary/aromatic N) is 1. The molecule has 1 heterocycles. The fraction of sp³-hybridized carbons (Fsp3) is 0.500. The van der Waals surface area contributed by atoms with Crippen LogP contribution in [0, 0.1) is 5.41 Å². The van der Waals surface area contributed by atoms with Gasteiger partial charge in [-0.25, -0.2) is 8.42 Å². The van der Waals surface area contributed by atoms with E-state index in [-0.39, 0.29) is 4.90 Å². The topological polar surface area (TPSA) is 104 Å². The van der Waals surface area contributed by atoms with Gasteiger partial charge in [0.05, 0.1) is 4.90 Å². The molecule has 2 N–H and O–H groups in total. The molecule has 0 aromatic heterocycles. The molecule has 8 heteroatoms. The summed E-state index contributed by atoms with van der Waals surface area (Å²) in [5.74, 6) is -1.74. The summed E-state index contributed by atoms with van der Waals surface area (Å²) in [5.41, 5.74) is -1.06. The van der Waals surface area contributed by atoms with E-state index in [0.717, 1.165) is 19.3 Å². The summed E-state index contributed by atoms with van der Waals surface area (Å²) in [4.78, 5) is 23.4. The molecule has 1 saturated carbocycles. The van der Waals surface area contributed by atoms with Crippen molar-refractivity contribution >= 4 is 27.6 Å². The van der Waals surface area contributed by atoms with E-state index in [1.807, 2.05) is 0 Å². The second-order valence-electron chi connectivity index (χ2n) is 6.33. The maximum atomic E-state index is 12.7. The predicted octanol–water partition coefficient (Wildman–Crippen LogP) is 1.66. The van der Waals surface area contributed by atoms with Crippen LogP contribution in [-0.2, 0) is 19.6 Å². The predicted molar refractivity (Wildman–Crippen MR) is 87.0 cm³/mol. The first-order chi connectivity index (χ1) is 11.4. The molecule has 2 aliphatic rings. The zero-order chi connectivity index (χ0) is 17.4. The zero-order valence-corrected chi connectivity index (χ0v) is 14.0. The van der Waals surface area contributed by atoms with E-state index >= 15 is 0 Å². The third-order valence-electron chi connectivity index (χ3n) is 4.64. The summed E-state index contributed by atoms with van der Waals surface area (Å²) in [7, 11) is -3.59. The molecule has 1 amide bonds. The van der Waals surface area contributed by atoms with Gasteiger partial charge >= 0.3 is 5.97 Å². The zero-order valence-electron chi connectivity index (χ0n) is 13.2. The van der Waals surface area contributed by atoms with Crippen molar-refractivity contribution in [1.29, 1.82) is 0 Å². The van der Waals surface area contributed by atoms with Crippen LogP contribution in [0.5, 0.6) is 0 Å². The van der Waals surface area contributed by atoms with E-state index in [9.17, 15) is 18.0 Å². The lowest BCUT2D eigenvalue weighted by Crippen LogP contribution is -2.35. The van der Waals surface area contributed by atoms with E-state index in [0.29, 0.717) is 31.6 Å². The number of rotatable bonds is 5. The first kappa shape index (κ1) is 16.9. The second kappa shape index (κ2) is 6.18. The molecule has 0 atom stereocenters. The van der Waals surface area contributed by atoms with Gasteiger partial charge in [0.2, 0.25) is 15.9 Å². The Morgan fingerprint density at radius 3 is 2.38 bits per heavy atom. The lowest BCUT2D eigenvalue weighted by atomic mass is 10.1. The van der Waals surface area contributed by atoms with Gasteiger partial charge in [-0.1, -0.05) is 12.5 Å². The normalized spacial score (nSPS) is 20.3. The monoisotopic (exact) mass is 352 g/mol. The van der Waals surface area contributed by atoms with Crippen LogP contribution in [0.2, 0.25) is 0 Å². The summed E-state index contributed by atoms with van der Waals surface area (Å²) in [6.07, 6.45) is 3.33. The highest BCUT2D eigenvalue weighted by atomic mass is 32.2. The standard InChI is InChI=1S/C16H20N2O5S/c19-14(16(7-8-16)15(20)21)17-12-5-4-6-13(11-12)24(22,23)18-9-2-1-3-10-18/h4-6,11H,1-3,7-10H2,(H,17,19)(H,20,21). The molecular formula is C16H20N2O5S. The molecule has 1 aromatic carbocycles. The Morgan fingerprint density at radius 2 is 1.79 bits per heavy atom. The van der Waals surface area contributed by atoms with Crippen molar-refractivity contribution in [3.63, 3.8) is 0 Å². The van der Waals surface area contributed by atoms with Gasteiger partial charge in [-0.3, -0.25) is 9.59 Å². The van der Waals surface area contributed by atoms with Gasteiger partial charge in [0.15, 0.2) is 0 Å². The van der Waals surface area contributed by atoms with Crippen LogP contribution in [0.4, 0.5) is 5.69 Å². The molecule has 130 valence electrons. The number of carboxylic acids is 1. The van der Waals surface area contributed by atoms with Crippen LogP contribution in [0.15, 0.2) is 29.2 Å². The molecular weight excluding hydrogens is 332 g/mol. The van der Waals surface area contributed by atoms with Crippen molar-refractivity contribution in [1.82, 2.24) is 4.31 Å². The van der Waals surface area contributed by atoms with E-state index in [2.05, 4.69) is 5.32 Å². The molecule has 7 nitrogen and oxygen atoms in total. The number of sulfonamides is 1. The minimum absolute atomic E-state index is 0.113. The quantitative estimate of drug-likeness (QED) is 0.785. The van der Waals surface area contributed by atoms with Crippen molar-refractivity contribution in [3.05, 3.63) is 24.3 Å². The van der Waals surface area contributed by atoms with E-state index in [1.54, 1.807) is 12.1 Å². The summed E-state index contributed by atoms with van der Waals surface area (Å²) < 4.78 is 26.8. The number of amides is 1. The SMILES string of the molecule is O=C(O)C1(C(=O)Nc2cccc(S(=O)(=O)N3CCCCC3)c2)CC1. The second-order valence-corrected chi connectivity index (χ2v) is 8.27. The summed E-state index contributed by atoms with van der Waals surface area (Å²) in [6, 6.07) is 5.99. The lowest BCUT2D eigenvalue weighted by Gasteiger charge is -2.26. The smallest absolute Gasteiger partial charge is 0.319 e. The van der Waals surface area contributed by atoms with Crippen LogP contribution in [-0.4, -0.2) is 42.8 Å². The molecule has 3 rings (SSSR count). The highest BCUT2D eigenvalue weighted by Gasteiger charge is 2.57. The molecule has 1 aliphatic carbocycles. The maximum Gasteiger partial charge on any atom is 0.319 e. The lowest BCUT2D eigenvalue weighted by molar-refractivity contribution is -0.147. The number of carboxylic acid groups (broad SMARTS) is 1. The van der Waals surface area contributed by atoms with Gasteiger partial charge in [-0.05, 0) is 43.9 Å². The molecule has 1 aromatic rings. The molecule has 0 spiro atoms. The summed E-state index contributed by atoms with van der Waals surface area (Å²) >= 11 is 0. The van der Waals surface area contributed by atoms with Gasteiger partial charge < -0.3 is 10.4 Å². The number of carbonyl (C=O) groups excluding carboxylic acids is 1. The first-order valence-corrected chi connectivity index (χ1v) is 9.45. The Kier molecular flexibility index (Phi) is 4.35. The molecule has 2 fully saturated rings. The van der Waals surface area contributed by atoms with Crippen molar-refractivity contribution in [3.8, 4) is 0 Å². The van der Waals surface area contributed by atoms with Crippen LogP contribution in [0.25, 0.3) is 0 Å². The number of anilines is 1. The fourth-order valence-electron chi connectivity index (χ4n) is 2.90. The Balaban J connectivity index is 1.79. The van der Waals surface area contributed by atoms with Crippen LogP contribution in [0.1, 0.15) is 32.1 Å². The summed E-state index contributed by atoms with van der Waals surface area (Å²) in [6.45, 7) is 1.00. The maximum absolute atomic E-state index is 12.7. The number of piperidine rings is 1. The summed E-state index contributed by atoms with van der Waals surface area (Å²) in [5, 5.41) is 11.7. The van der Waals surface area contributed by atoms with Crippen molar-refractivity contribution in [2.75, 3.05) is 18.4 Å². The number of hydrogen-bond donors (Lipinski definition) is 2. The van der Waals surface area contributed by atoms with Gasteiger partial charge in [-0.15, -0.1) is 0 Å². The average molecular weight is 352 g/mol. The Labute approximate surface area is 140 Å². The van der Waals surface area contributed by atoms with E-state index < -0.39 is 27.3 Å². The number of hydrogen-bond acceptors (Lipinski definition) is 4. The van der Waals surface area contributed by atoms with Crippen LogP contribution >= 0.6 is 0 Å².